The molecule has 126 valence electrons. The maximum Gasteiger partial charge on any atom is 0.310 e. The number of aromatic nitrogens is 1. The number of nitrogens with one attached hydrogen (secondary N) is 1. The van der Waals surface area contributed by atoms with Crippen molar-refractivity contribution in [3.8, 4) is 5.75 Å². The van der Waals surface area contributed by atoms with Crippen LogP contribution in [0.1, 0.15) is 16.1 Å². The van der Waals surface area contributed by atoms with Crippen LogP contribution in [0.2, 0.25) is 0 Å². The van der Waals surface area contributed by atoms with E-state index in [-0.39, 0.29) is 6.42 Å². The molecule has 0 spiro atoms. The van der Waals surface area contributed by atoms with Crippen molar-refractivity contribution in [2.24, 2.45) is 7.05 Å². The molecule has 7 heteroatoms. The third-order valence-electron chi connectivity index (χ3n) is 3.30. The van der Waals surface area contributed by atoms with Crippen LogP contribution in [0.5, 0.6) is 5.75 Å². The number of hydrogen-bond acceptors (Lipinski definition) is 5. The van der Waals surface area contributed by atoms with Gasteiger partial charge < -0.3 is 14.0 Å². The van der Waals surface area contributed by atoms with E-state index in [1.54, 1.807) is 61.3 Å². The van der Waals surface area contributed by atoms with E-state index >= 15 is 0 Å². The fraction of sp³-hybridized carbons (Fsp3) is 0.235. The van der Waals surface area contributed by atoms with Gasteiger partial charge in [0.05, 0.1) is 13.5 Å². The van der Waals surface area contributed by atoms with Crippen molar-refractivity contribution in [2.45, 2.75) is 6.42 Å². The lowest BCUT2D eigenvalue weighted by atomic mass is 10.1. The van der Waals surface area contributed by atoms with Gasteiger partial charge >= 0.3 is 5.97 Å². The average Bonchev–Trinajstić information content (AvgIpc) is 3.00. The minimum atomic E-state index is -0.677. The predicted octanol–water partition coefficient (Wildman–Crippen LogP) is 1.08. The fourth-order valence-electron chi connectivity index (χ4n) is 2.03. The zero-order chi connectivity index (χ0) is 17.5. The normalized spacial score (nSPS) is 10.1. The number of nitrogens with zero attached hydrogens (tertiary/aromatic N) is 1. The maximum atomic E-state index is 11.8. The Morgan fingerprint density at radius 3 is 2.42 bits per heavy atom. The average molecular weight is 330 g/mol. The van der Waals surface area contributed by atoms with E-state index in [2.05, 4.69) is 5.32 Å². The van der Waals surface area contributed by atoms with E-state index in [1.165, 1.54) is 0 Å². The van der Waals surface area contributed by atoms with E-state index in [1.807, 2.05) is 0 Å². The van der Waals surface area contributed by atoms with Gasteiger partial charge in [-0.15, -0.1) is 0 Å². The molecule has 0 fully saturated rings. The molecule has 0 aliphatic carbocycles. The molecule has 2 rings (SSSR count). The van der Waals surface area contributed by atoms with Gasteiger partial charge in [0, 0.05) is 13.2 Å². The first-order valence-corrected chi connectivity index (χ1v) is 7.23. The van der Waals surface area contributed by atoms with Crippen molar-refractivity contribution < 1.29 is 23.9 Å². The Balaban J connectivity index is 1.77. The van der Waals surface area contributed by atoms with Gasteiger partial charge in [0.1, 0.15) is 11.4 Å². The summed E-state index contributed by atoms with van der Waals surface area (Å²) in [4.78, 5) is 35.2. The van der Waals surface area contributed by atoms with Crippen LogP contribution in [0.15, 0.2) is 42.6 Å². The van der Waals surface area contributed by atoms with Gasteiger partial charge in [-0.2, -0.15) is 0 Å². The van der Waals surface area contributed by atoms with Gasteiger partial charge in [0.15, 0.2) is 6.61 Å². The molecule has 1 aromatic carbocycles. The van der Waals surface area contributed by atoms with Crippen molar-refractivity contribution in [1.82, 2.24) is 9.88 Å². The number of imide groups is 1. The highest BCUT2D eigenvalue weighted by Crippen LogP contribution is 2.11. The van der Waals surface area contributed by atoms with Crippen LogP contribution in [-0.4, -0.2) is 36.1 Å². The summed E-state index contributed by atoms with van der Waals surface area (Å²) in [5, 5.41) is 2.17. The van der Waals surface area contributed by atoms with Gasteiger partial charge in [-0.25, -0.2) is 0 Å². The minimum Gasteiger partial charge on any atom is -0.497 e. The summed E-state index contributed by atoms with van der Waals surface area (Å²) in [6.45, 7) is -0.509. The Labute approximate surface area is 139 Å². The summed E-state index contributed by atoms with van der Waals surface area (Å²) in [7, 11) is 3.24. The molecule has 24 heavy (non-hydrogen) atoms. The number of carbonyl (C=O) groups is 3. The molecule has 0 saturated heterocycles. The zero-order valence-electron chi connectivity index (χ0n) is 13.4. The Bertz CT molecular complexity index is 734. The first kappa shape index (κ1) is 17.3. The number of rotatable bonds is 6. The van der Waals surface area contributed by atoms with E-state index in [0.717, 1.165) is 5.56 Å². The molecule has 2 amide bonds. The van der Waals surface area contributed by atoms with Crippen LogP contribution in [0.4, 0.5) is 0 Å². The number of aryl methyl sites for hydroxylation is 1. The van der Waals surface area contributed by atoms with Crippen LogP contribution in [0, 0.1) is 0 Å². The van der Waals surface area contributed by atoms with Gasteiger partial charge in [-0.3, -0.25) is 19.7 Å². The number of ether oxygens (including phenoxy) is 2. The minimum absolute atomic E-state index is 0.0308. The number of methoxy groups -OCH3 is 1. The van der Waals surface area contributed by atoms with Crippen LogP contribution < -0.4 is 10.1 Å². The topological polar surface area (TPSA) is 86.6 Å². The lowest BCUT2D eigenvalue weighted by molar-refractivity contribution is -0.147. The summed E-state index contributed by atoms with van der Waals surface area (Å²) < 4.78 is 11.5. The summed E-state index contributed by atoms with van der Waals surface area (Å²) in [5.41, 5.74) is 1.08. The summed E-state index contributed by atoms with van der Waals surface area (Å²) in [6, 6.07) is 10.2. The second kappa shape index (κ2) is 7.96. The largest absolute Gasteiger partial charge is 0.497 e. The standard InChI is InChI=1S/C17H18N2O5/c1-19-9-3-4-14(19)17(22)18-15(20)11-24-16(21)10-12-5-7-13(23-2)8-6-12/h3-9H,10-11H2,1-2H3,(H,18,20,22). The van der Waals surface area contributed by atoms with Crippen LogP contribution in [0.3, 0.4) is 0 Å². The monoisotopic (exact) mass is 330 g/mol. The summed E-state index contributed by atoms with van der Waals surface area (Å²) in [6.07, 6.45) is 1.72. The van der Waals surface area contributed by atoms with Crippen molar-refractivity contribution in [3.63, 3.8) is 0 Å². The highest BCUT2D eigenvalue weighted by Gasteiger charge is 2.14. The Kier molecular flexibility index (Phi) is 5.73. The van der Waals surface area contributed by atoms with Gasteiger partial charge in [0.2, 0.25) is 0 Å². The van der Waals surface area contributed by atoms with Gasteiger partial charge in [-0.05, 0) is 29.8 Å². The molecule has 1 aromatic heterocycles. The first-order valence-electron chi connectivity index (χ1n) is 7.23. The third-order valence-corrected chi connectivity index (χ3v) is 3.30. The molecule has 0 saturated carbocycles. The van der Waals surface area contributed by atoms with E-state index < -0.39 is 24.4 Å². The third kappa shape index (κ3) is 4.70. The lowest BCUT2D eigenvalue weighted by Gasteiger charge is -2.07. The van der Waals surface area contributed by atoms with Crippen LogP contribution in [0.25, 0.3) is 0 Å². The Morgan fingerprint density at radius 2 is 1.83 bits per heavy atom. The molecule has 7 nitrogen and oxygen atoms in total. The van der Waals surface area contributed by atoms with E-state index in [0.29, 0.717) is 11.4 Å². The number of hydrogen-bond donors (Lipinski definition) is 1. The summed E-state index contributed by atoms with van der Waals surface area (Å²) in [5.74, 6) is -1.09. The van der Waals surface area contributed by atoms with Crippen LogP contribution >= 0.6 is 0 Å². The van der Waals surface area contributed by atoms with Crippen molar-refractivity contribution in [3.05, 3.63) is 53.9 Å². The Hall–Kier alpha value is -3.09. The molecule has 0 atom stereocenters. The highest BCUT2D eigenvalue weighted by atomic mass is 16.5. The predicted molar refractivity (Wildman–Crippen MR) is 85.5 cm³/mol. The molecule has 0 radical (unpaired) electrons. The van der Waals surface area contributed by atoms with Crippen molar-refractivity contribution in [1.29, 1.82) is 0 Å². The molecule has 1 N–H and O–H groups in total. The van der Waals surface area contributed by atoms with Gasteiger partial charge in [-0.1, -0.05) is 12.1 Å². The lowest BCUT2D eigenvalue weighted by Crippen LogP contribution is -2.35. The molecule has 0 aliphatic rings. The summed E-state index contributed by atoms with van der Waals surface area (Å²) >= 11 is 0. The smallest absolute Gasteiger partial charge is 0.310 e. The number of esters is 1. The zero-order valence-corrected chi connectivity index (χ0v) is 13.4. The number of amides is 2. The maximum absolute atomic E-state index is 11.8. The molecular weight excluding hydrogens is 312 g/mol. The van der Waals surface area contributed by atoms with Crippen LogP contribution in [-0.2, 0) is 27.8 Å². The van der Waals surface area contributed by atoms with Crippen molar-refractivity contribution >= 4 is 17.8 Å². The molecule has 2 aromatic rings. The van der Waals surface area contributed by atoms with Crippen molar-refractivity contribution in [2.75, 3.05) is 13.7 Å². The highest BCUT2D eigenvalue weighted by molar-refractivity contribution is 6.04. The Morgan fingerprint density at radius 1 is 1.12 bits per heavy atom. The fourth-order valence-corrected chi connectivity index (χ4v) is 2.03. The second-order valence-corrected chi connectivity index (χ2v) is 5.07. The second-order valence-electron chi connectivity index (χ2n) is 5.07. The van der Waals surface area contributed by atoms with E-state index in [9.17, 15) is 14.4 Å². The molecule has 1 heterocycles. The molecule has 0 bridgehead atoms. The van der Waals surface area contributed by atoms with Gasteiger partial charge in [0.25, 0.3) is 11.8 Å². The molecule has 0 aliphatic heterocycles. The SMILES string of the molecule is COc1ccc(CC(=O)OCC(=O)NC(=O)c2cccn2C)cc1. The number of benzene rings is 1. The first-order chi connectivity index (χ1) is 11.5. The quantitative estimate of drug-likeness (QED) is 0.801. The molecular formula is C17H18N2O5. The number of carbonyl (C=O) groups excluding carboxylic acids is 3. The molecule has 0 unspecified atom stereocenters. The van der Waals surface area contributed by atoms with E-state index in [4.69, 9.17) is 9.47 Å².